The molecule has 6 atom stereocenters. The number of carbonyl (C=O) groups is 2. The predicted molar refractivity (Wildman–Crippen MR) is 137 cm³/mol. The molecule has 1 rings (SSSR count). The summed E-state index contributed by atoms with van der Waals surface area (Å²) in [6.45, 7) is 3.22. The predicted octanol–water partition coefficient (Wildman–Crippen LogP) is 2.76. The zero-order chi connectivity index (χ0) is 27.5. The molecule has 4 N–H and O–H groups in total. The maximum Gasteiger partial charge on any atom is 0.306 e. The number of esters is 2. The van der Waals surface area contributed by atoms with Gasteiger partial charge in [-0.2, -0.15) is 0 Å². The molecule has 1 aliphatic rings. The summed E-state index contributed by atoms with van der Waals surface area (Å²) < 4.78 is 21.7. The molecule has 1 heterocycles. The Kier molecular flexibility index (Phi) is 18.8. The molecule has 0 saturated carbocycles. The molecule has 0 radical (unpaired) electrons. The van der Waals surface area contributed by atoms with E-state index in [1.165, 1.54) is 19.3 Å². The third-order valence-corrected chi connectivity index (χ3v) is 6.49. The van der Waals surface area contributed by atoms with E-state index in [2.05, 4.69) is 13.8 Å². The van der Waals surface area contributed by atoms with Crippen LogP contribution in [0.1, 0.15) is 104 Å². The largest absolute Gasteiger partial charge is 0.462 e. The van der Waals surface area contributed by atoms with E-state index in [0.29, 0.717) is 6.42 Å². The highest BCUT2D eigenvalue weighted by Gasteiger charge is 2.44. The van der Waals surface area contributed by atoms with E-state index in [4.69, 9.17) is 18.9 Å². The number of aliphatic hydroxyl groups is 4. The fourth-order valence-corrected chi connectivity index (χ4v) is 4.13. The van der Waals surface area contributed by atoms with Crippen molar-refractivity contribution in [3.8, 4) is 0 Å². The van der Waals surface area contributed by atoms with E-state index in [9.17, 15) is 30.0 Å². The normalized spacial score (nSPS) is 24.5. The van der Waals surface area contributed by atoms with E-state index >= 15 is 0 Å². The quantitative estimate of drug-likeness (QED) is 0.128. The van der Waals surface area contributed by atoms with Gasteiger partial charge in [-0.15, -0.1) is 0 Å². The molecular formula is C27H50O10. The second-order valence-electron chi connectivity index (χ2n) is 9.86. The number of hydrogen-bond acceptors (Lipinski definition) is 10. The van der Waals surface area contributed by atoms with Gasteiger partial charge in [0.25, 0.3) is 0 Å². The molecule has 0 amide bonds. The lowest BCUT2D eigenvalue weighted by Gasteiger charge is -2.39. The summed E-state index contributed by atoms with van der Waals surface area (Å²) in [5.74, 6) is -0.830. The summed E-state index contributed by atoms with van der Waals surface area (Å²) in [4.78, 5) is 24.6. The van der Waals surface area contributed by atoms with Gasteiger partial charge in [0.05, 0.1) is 13.2 Å². The molecule has 0 aromatic carbocycles. The summed E-state index contributed by atoms with van der Waals surface area (Å²) in [5, 5.41) is 39.4. The maximum atomic E-state index is 12.4. The van der Waals surface area contributed by atoms with Crippen molar-refractivity contribution in [2.45, 2.75) is 141 Å². The van der Waals surface area contributed by atoms with E-state index in [-0.39, 0.29) is 26.1 Å². The van der Waals surface area contributed by atoms with Gasteiger partial charge in [-0.1, -0.05) is 78.1 Å². The average molecular weight is 535 g/mol. The minimum absolute atomic E-state index is 0.214. The molecule has 37 heavy (non-hydrogen) atoms. The Morgan fingerprint density at radius 2 is 1.27 bits per heavy atom. The van der Waals surface area contributed by atoms with Gasteiger partial charge >= 0.3 is 11.9 Å². The molecule has 0 aliphatic carbocycles. The van der Waals surface area contributed by atoms with Crippen LogP contribution >= 0.6 is 0 Å². The van der Waals surface area contributed by atoms with Crippen LogP contribution in [0.4, 0.5) is 0 Å². The van der Waals surface area contributed by atoms with E-state index in [1.54, 1.807) is 0 Å². The first-order valence-electron chi connectivity index (χ1n) is 14.1. The van der Waals surface area contributed by atoms with Gasteiger partial charge in [-0.3, -0.25) is 9.59 Å². The van der Waals surface area contributed by atoms with E-state index in [1.807, 2.05) is 0 Å². The molecule has 0 spiro atoms. The van der Waals surface area contributed by atoms with Gasteiger partial charge < -0.3 is 39.4 Å². The topological polar surface area (TPSA) is 152 Å². The standard InChI is InChI=1S/C27H50O10/c1-3-5-7-9-10-12-14-16-23(30)36-20(18-34-22(29)15-13-11-8-6-4-2)19-35-27-26(33)25(32)24(31)21(17-28)37-27/h20-21,24-28,31-33H,3-19H2,1-2H3/t20-,21-,24+,25+,26-,27-/m1/s1. The Hall–Kier alpha value is -1.30. The van der Waals surface area contributed by atoms with Crippen molar-refractivity contribution in [3.05, 3.63) is 0 Å². The molecule has 1 fully saturated rings. The Morgan fingerprint density at radius 1 is 0.730 bits per heavy atom. The number of unbranched alkanes of at least 4 members (excludes halogenated alkanes) is 10. The Morgan fingerprint density at radius 3 is 1.84 bits per heavy atom. The molecule has 218 valence electrons. The second kappa shape index (κ2) is 20.6. The first kappa shape index (κ1) is 33.7. The lowest BCUT2D eigenvalue weighted by atomic mass is 9.99. The van der Waals surface area contributed by atoms with Gasteiger partial charge in [0, 0.05) is 12.8 Å². The highest BCUT2D eigenvalue weighted by Crippen LogP contribution is 2.22. The summed E-state index contributed by atoms with van der Waals surface area (Å²) >= 11 is 0. The minimum Gasteiger partial charge on any atom is -0.462 e. The molecular weight excluding hydrogens is 484 g/mol. The van der Waals surface area contributed by atoms with Crippen LogP contribution in [0.3, 0.4) is 0 Å². The average Bonchev–Trinajstić information content (AvgIpc) is 2.89. The molecule has 0 aromatic rings. The summed E-state index contributed by atoms with van der Waals surface area (Å²) in [6.07, 6.45) is 4.83. The molecule has 10 nitrogen and oxygen atoms in total. The van der Waals surface area contributed by atoms with Crippen molar-refractivity contribution in [3.63, 3.8) is 0 Å². The number of aliphatic hydroxyl groups excluding tert-OH is 4. The van der Waals surface area contributed by atoms with Crippen LogP contribution in [-0.2, 0) is 28.5 Å². The SMILES string of the molecule is CCCCCCCCCC(=O)O[C@H](COC(=O)CCCCCCC)CO[C@@H]1O[C@H](CO)[C@H](O)[C@H](O)[C@H]1O. The molecule has 0 aromatic heterocycles. The Labute approximate surface area is 221 Å². The van der Waals surface area contributed by atoms with Gasteiger partial charge in [-0.25, -0.2) is 0 Å². The van der Waals surface area contributed by atoms with Crippen LogP contribution < -0.4 is 0 Å². The molecule has 0 bridgehead atoms. The Bertz CT molecular complexity index is 600. The van der Waals surface area contributed by atoms with Gasteiger partial charge in [0.2, 0.25) is 0 Å². The van der Waals surface area contributed by atoms with Crippen LogP contribution in [0.2, 0.25) is 0 Å². The van der Waals surface area contributed by atoms with Crippen molar-refractivity contribution in [2.24, 2.45) is 0 Å². The van der Waals surface area contributed by atoms with Crippen LogP contribution in [0, 0.1) is 0 Å². The van der Waals surface area contributed by atoms with Crippen LogP contribution in [0.25, 0.3) is 0 Å². The third-order valence-electron chi connectivity index (χ3n) is 6.49. The fourth-order valence-electron chi connectivity index (χ4n) is 4.13. The second-order valence-corrected chi connectivity index (χ2v) is 9.86. The highest BCUT2D eigenvalue weighted by molar-refractivity contribution is 5.70. The van der Waals surface area contributed by atoms with Crippen LogP contribution in [-0.4, -0.2) is 89.0 Å². The number of carbonyl (C=O) groups excluding carboxylic acids is 2. The molecule has 0 unspecified atom stereocenters. The smallest absolute Gasteiger partial charge is 0.306 e. The van der Waals surface area contributed by atoms with Crippen molar-refractivity contribution in [1.29, 1.82) is 0 Å². The molecule has 10 heteroatoms. The summed E-state index contributed by atoms with van der Waals surface area (Å²) in [6, 6.07) is 0. The zero-order valence-electron chi connectivity index (χ0n) is 22.7. The number of hydrogen-bond donors (Lipinski definition) is 4. The maximum absolute atomic E-state index is 12.4. The summed E-state index contributed by atoms with van der Waals surface area (Å²) in [5.41, 5.74) is 0. The first-order valence-corrected chi connectivity index (χ1v) is 14.1. The fraction of sp³-hybridized carbons (Fsp3) is 0.926. The van der Waals surface area contributed by atoms with Crippen molar-refractivity contribution in [2.75, 3.05) is 19.8 Å². The highest BCUT2D eigenvalue weighted by atomic mass is 16.7. The number of ether oxygens (including phenoxy) is 4. The summed E-state index contributed by atoms with van der Waals surface area (Å²) in [7, 11) is 0. The molecule has 1 saturated heterocycles. The van der Waals surface area contributed by atoms with Gasteiger partial charge in [0.15, 0.2) is 12.4 Å². The van der Waals surface area contributed by atoms with Crippen molar-refractivity contribution < 1.29 is 49.0 Å². The minimum atomic E-state index is -1.58. The van der Waals surface area contributed by atoms with Crippen molar-refractivity contribution >= 4 is 11.9 Å². The lowest BCUT2D eigenvalue weighted by molar-refractivity contribution is -0.305. The third kappa shape index (κ3) is 14.4. The van der Waals surface area contributed by atoms with Gasteiger partial charge in [-0.05, 0) is 12.8 Å². The van der Waals surface area contributed by atoms with Crippen LogP contribution in [0.15, 0.2) is 0 Å². The van der Waals surface area contributed by atoms with E-state index < -0.39 is 55.4 Å². The zero-order valence-corrected chi connectivity index (χ0v) is 22.7. The monoisotopic (exact) mass is 534 g/mol. The Balaban J connectivity index is 2.55. The lowest BCUT2D eigenvalue weighted by Crippen LogP contribution is -2.59. The van der Waals surface area contributed by atoms with Crippen molar-refractivity contribution in [1.82, 2.24) is 0 Å². The molecule has 1 aliphatic heterocycles. The van der Waals surface area contributed by atoms with Gasteiger partial charge in [0.1, 0.15) is 31.0 Å². The van der Waals surface area contributed by atoms with Crippen LogP contribution in [0.5, 0.6) is 0 Å². The first-order chi connectivity index (χ1) is 17.8. The van der Waals surface area contributed by atoms with E-state index in [0.717, 1.165) is 51.4 Å². The number of rotatable bonds is 21.